The molecule has 0 aliphatic rings. The Kier molecular flexibility index (Phi) is 2.32. The van der Waals surface area contributed by atoms with Crippen molar-refractivity contribution in [2.24, 2.45) is 0 Å². The number of hydrogen-bond acceptors (Lipinski definition) is 4. The van der Waals surface area contributed by atoms with Gasteiger partial charge in [-0.1, -0.05) is 0 Å². The summed E-state index contributed by atoms with van der Waals surface area (Å²) in [5, 5.41) is 8.33. The predicted octanol–water partition coefficient (Wildman–Crippen LogP) is 2.12. The van der Waals surface area contributed by atoms with E-state index in [-0.39, 0.29) is 0 Å². The number of ether oxygens (including phenoxy) is 1. The Morgan fingerprint density at radius 1 is 1.50 bits per heavy atom. The summed E-state index contributed by atoms with van der Waals surface area (Å²) in [6.07, 6.45) is 1.78. The molecule has 4 heteroatoms. The lowest BCUT2D eigenvalue weighted by atomic mass is 10.3. The summed E-state index contributed by atoms with van der Waals surface area (Å²) in [6.45, 7) is 0.403. The summed E-state index contributed by atoms with van der Waals surface area (Å²) in [7, 11) is 0. The van der Waals surface area contributed by atoms with E-state index in [0.29, 0.717) is 18.8 Å². The molecule has 1 aromatic carbocycles. The van der Waals surface area contributed by atoms with Crippen molar-refractivity contribution in [2.45, 2.75) is 6.42 Å². The van der Waals surface area contributed by atoms with Crippen LogP contribution in [0.2, 0.25) is 0 Å². The molecular formula is C10H8N2O2. The van der Waals surface area contributed by atoms with Crippen molar-refractivity contribution in [1.29, 1.82) is 5.26 Å². The average Bonchev–Trinajstić information content (AvgIpc) is 2.65. The Balaban J connectivity index is 2.14. The maximum Gasteiger partial charge on any atom is 0.181 e. The minimum absolute atomic E-state index is 0.386. The van der Waals surface area contributed by atoms with E-state index in [1.54, 1.807) is 18.2 Å². The van der Waals surface area contributed by atoms with Crippen molar-refractivity contribution in [1.82, 2.24) is 4.98 Å². The monoisotopic (exact) mass is 188 g/mol. The number of nitriles is 1. The fraction of sp³-hybridized carbons (Fsp3) is 0.200. The summed E-state index contributed by atoms with van der Waals surface area (Å²) < 4.78 is 10.4. The minimum Gasteiger partial charge on any atom is -0.492 e. The normalized spacial score (nSPS) is 9.93. The summed E-state index contributed by atoms with van der Waals surface area (Å²) in [4.78, 5) is 4.00. The lowest BCUT2D eigenvalue weighted by molar-refractivity contribution is 0.327. The molecule has 0 atom stereocenters. The molecule has 0 bridgehead atoms. The molecule has 14 heavy (non-hydrogen) atoms. The Morgan fingerprint density at radius 3 is 3.29 bits per heavy atom. The number of nitrogens with zero attached hydrogens (tertiary/aromatic N) is 2. The molecule has 0 unspecified atom stereocenters. The summed E-state index contributed by atoms with van der Waals surface area (Å²) in [5.41, 5.74) is 1.50. The molecule has 1 aromatic heterocycles. The zero-order valence-corrected chi connectivity index (χ0v) is 7.43. The van der Waals surface area contributed by atoms with Crippen LogP contribution in [-0.2, 0) is 0 Å². The third-order valence-corrected chi connectivity index (χ3v) is 1.78. The molecule has 0 spiro atoms. The number of rotatable bonds is 3. The second-order valence-electron chi connectivity index (χ2n) is 2.74. The van der Waals surface area contributed by atoms with Crippen LogP contribution >= 0.6 is 0 Å². The zero-order chi connectivity index (χ0) is 9.80. The van der Waals surface area contributed by atoms with Crippen molar-refractivity contribution in [3.63, 3.8) is 0 Å². The second-order valence-corrected chi connectivity index (χ2v) is 2.74. The first kappa shape index (κ1) is 8.57. The maximum absolute atomic E-state index is 8.33. The topological polar surface area (TPSA) is 59.0 Å². The van der Waals surface area contributed by atoms with E-state index in [0.717, 1.165) is 11.1 Å². The summed E-state index contributed by atoms with van der Waals surface area (Å²) in [6, 6.07) is 7.39. The fourth-order valence-electron chi connectivity index (χ4n) is 1.14. The molecule has 4 nitrogen and oxygen atoms in total. The van der Waals surface area contributed by atoms with Gasteiger partial charge in [-0.2, -0.15) is 5.26 Å². The summed E-state index contributed by atoms with van der Waals surface area (Å²) >= 11 is 0. The van der Waals surface area contributed by atoms with Gasteiger partial charge in [-0.3, -0.25) is 0 Å². The Hall–Kier alpha value is -2.02. The van der Waals surface area contributed by atoms with Gasteiger partial charge in [0, 0.05) is 6.07 Å². The third kappa shape index (κ3) is 1.67. The van der Waals surface area contributed by atoms with Crippen LogP contribution < -0.4 is 4.74 Å². The highest BCUT2D eigenvalue weighted by Gasteiger charge is 2.00. The molecule has 0 N–H and O–H groups in total. The number of benzene rings is 1. The Bertz CT molecular complexity index is 470. The molecule has 2 rings (SSSR count). The van der Waals surface area contributed by atoms with Gasteiger partial charge in [0.25, 0.3) is 0 Å². The molecular weight excluding hydrogens is 180 g/mol. The van der Waals surface area contributed by atoms with Crippen LogP contribution in [-0.4, -0.2) is 11.6 Å². The van der Waals surface area contributed by atoms with Crippen LogP contribution in [0.4, 0.5) is 0 Å². The van der Waals surface area contributed by atoms with Crippen LogP contribution in [0.15, 0.2) is 29.0 Å². The number of hydrogen-bond donors (Lipinski definition) is 0. The van der Waals surface area contributed by atoms with Gasteiger partial charge in [0.15, 0.2) is 12.0 Å². The van der Waals surface area contributed by atoms with Gasteiger partial charge >= 0.3 is 0 Å². The molecule has 0 fully saturated rings. The minimum atomic E-state index is 0.386. The van der Waals surface area contributed by atoms with Crippen LogP contribution in [0, 0.1) is 11.3 Å². The Morgan fingerprint density at radius 2 is 2.43 bits per heavy atom. The van der Waals surface area contributed by atoms with Crippen LogP contribution in [0.25, 0.3) is 11.1 Å². The van der Waals surface area contributed by atoms with Crippen molar-refractivity contribution in [2.75, 3.05) is 6.61 Å². The van der Waals surface area contributed by atoms with Crippen molar-refractivity contribution >= 4 is 11.1 Å². The number of aromatic nitrogens is 1. The molecule has 0 saturated carbocycles. The zero-order valence-electron chi connectivity index (χ0n) is 7.43. The van der Waals surface area contributed by atoms with Crippen molar-refractivity contribution in [3.05, 3.63) is 24.6 Å². The van der Waals surface area contributed by atoms with Gasteiger partial charge in [0.05, 0.1) is 12.5 Å². The van der Waals surface area contributed by atoms with Crippen molar-refractivity contribution < 1.29 is 9.15 Å². The SMILES string of the molecule is N#CCCOc1ccc2ocnc2c1. The van der Waals surface area contributed by atoms with Crippen LogP contribution in [0.3, 0.4) is 0 Å². The highest BCUT2D eigenvalue weighted by atomic mass is 16.5. The average molecular weight is 188 g/mol. The van der Waals surface area contributed by atoms with E-state index in [4.69, 9.17) is 14.4 Å². The van der Waals surface area contributed by atoms with E-state index in [1.807, 2.05) is 6.07 Å². The standard InChI is InChI=1S/C10H8N2O2/c11-4-1-5-13-8-2-3-10-9(6-8)12-7-14-10/h2-3,6-7H,1,5H2. The third-order valence-electron chi connectivity index (χ3n) is 1.78. The van der Waals surface area contributed by atoms with Gasteiger partial charge in [-0.15, -0.1) is 0 Å². The van der Waals surface area contributed by atoms with Gasteiger partial charge in [0.2, 0.25) is 0 Å². The van der Waals surface area contributed by atoms with E-state index < -0.39 is 0 Å². The molecule has 1 heterocycles. The first-order valence-corrected chi connectivity index (χ1v) is 4.23. The first-order chi connectivity index (χ1) is 6.90. The van der Waals surface area contributed by atoms with Gasteiger partial charge in [-0.25, -0.2) is 4.98 Å². The van der Waals surface area contributed by atoms with E-state index in [1.165, 1.54) is 6.39 Å². The molecule has 70 valence electrons. The predicted molar refractivity (Wildman–Crippen MR) is 49.7 cm³/mol. The Labute approximate surface area is 80.7 Å². The van der Waals surface area contributed by atoms with Gasteiger partial charge in [0.1, 0.15) is 17.9 Å². The second kappa shape index (κ2) is 3.79. The maximum atomic E-state index is 8.33. The van der Waals surface area contributed by atoms with E-state index >= 15 is 0 Å². The number of oxazole rings is 1. The molecule has 0 aliphatic heterocycles. The molecule has 0 amide bonds. The smallest absolute Gasteiger partial charge is 0.181 e. The molecule has 0 radical (unpaired) electrons. The molecule has 0 saturated heterocycles. The largest absolute Gasteiger partial charge is 0.492 e. The molecule has 0 aliphatic carbocycles. The fourth-order valence-corrected chi connectivity index (χ4v) is 1.14. The highest BCUT2D eigenvalue weighted by molar-refractivity contribution is 5.73. The summed E-state index contributed by atoms with van der Waals surface area (Å²) in [5.74, 6) is 0.710. The van der Waals surface area contributed by atoms with Gasteiger partial charge < -0.3 is 9.15 Å². The number of fused-ring (bicyclic) bond motifs is 1. The lowest BCUT2D eigenvalue weighted by Gasteiger charge is -2.01. The van der Waals surface area contributed by atoms with Crippen LogP contribution in [0.5, 0.6) is 5.75 Å². The first-order valence-electron chi connectivity index (χ1n) is 4.23. The lowest BCUT2D eigenvalue weighted by Crippen LogP contribution is -1.95. The van der Waals surface area contributed by atoms with E-state index in [2.05, 4.69) is 4.98 Å². The molecule has 2 aromatic rings. The van der Waals surface area contributed by atoms with E-state index in [9.17, 15) is 0 Å². The highest BCUT2D eigenvalue weighted by Crippen LogP contribution is 2.19. The quantitative estimate of drug-likeness (QED) is 0.692. The van der Waals surface area contributed by atoms with Crippen molar-refractivity contribution in [3.8, 4) is 11.8 Å². The van der Waals surface area contributed by atoms with Gasteiger partial charge in [-0.05, 0) is 12.1 Å². The van der Waals surface area contributed by atoms with Crippen LogP contribution in [0.1, 0.15) is 6.42 Å².